The largest absolute Gasteiger partial charge is 0.326 e. The maximum absolute atomic E-state index is 13.4. The van der Waals surface area contributed by atoms with Gasteiger partial charge in [0.25, 0.3) is 5.91 Å². The van der Waals surface area contributed by atoms with Gasteiger partial charge < -0.3 is 5.32 Å². The molecular formula is C25H23N5O2. The molecule has 0 saturated carbocycles. The quantitative estimate of drug-likeness (QED) is 0.521. The maximum Gasteiger partial charge on any atom is 0.253 e. The van der Waals surface area contributed by atoms with Gasteiger partial charge in [-0.05, 0) is 61.4 Å². The van der Waals surface area contributed by atoms with Crippen LogP contribution in [-0.4, -0.2) is 26.3 Å². The number of anilines is 2. The van der Waals surface area contributed by atoms with Crippen molar-refractivity contribution in [3.8, 4) is 0 Å². The zero-order valence-corrected chi connectivity index (χ0v) is 17.9. The Kier molecular flexibility index (Phi) is 4.93. The molecule has 1 N–H and O–H groups in total. The van der Waals surface area contributed by atoms with Gasteiger partial charge in [0, 0.05) is 11.9 Å². The Hall–Kier alpha value is -4.00. The summed E-state index contributed by atoms with van der Waals surface area (Å²) in [4.78, 5) is 37.0. The Morgan fingerprint density at radius 1 is 1.03 bits per heavy atom. The van der Waals surface area contributed by atoms with Crippen molar-refractivity contribution in [3.05, 3.63) is 83.7 Å². The van der Waals surface area contributed by atoms with Crippen LogP contribution in [0.3, 0.4) is 0 Å². The van der Waals surface area contributed by atoms with E-state index < -0.39 is 6.04 Å². The molecule has 160 valence electrons. The van der Waals surface area contributed by atoms with Gasteiger partial charge in [0.05, 0.1) is 29.7 Å². The van der Waals surface area contributed by atoms with E-state index in [1.165, 1.54) is 0 Å². The van der Waals surface area contributed by atoms with Crippen molar-refractivity contribution in [3.63, 3.8) is 0 Å². The Morgan fingerprint density at radius 3 is 2.53 bits per heavy atom. The molecular weight excluding hydrogens is 402 g/mol. The molecule has 0 bridgehead atoms. The summed E-state index contributed by atoms with van der Waals surface area (Å²) in [6.45, 7) is 4.28. The number of benzene rings is 2. The van der Waals surface area contributed by atoms with Crippen molar-refractivity contribution in [1.29, 1.82) is 0 Å². The van der Waals surface area contributed by atoms with Gasteiger partial charge in [-0.1, -0.05) is 24.3 Å². The van der Waals surface area contributed by atoms with Crippen molar-refractivity contribution in [1.82, 2.24) is 14.5 Å². The lowest BCUT2D eigenvalue weighted by Gasteiger charge is -2.16. The van der Waals surface area contributed by atoms with E-state index in [0.29, 0.717) is 12.5 Å². The van der Waals surface area contributed by atoms with Crippen molar-refractivity contribution in [2.75, 3.05) is 10.2 Å². The number of carbonyl (C=O) groups excluding carboxylic acids is 2. The van der Waals surface area contributed by atoms with Crippen LogP contribution in [-0.2, 0) is 16.1 Å². The van der Waals surface area contributed by atoms with E-state index in [9.17, 15) is 9.59 Å². The molecule has 0 saturated heterocycles. The zero-order valence-electron chi connectivity index (χ0n) is 17.9. The summed E-state index contributed by atoms with van der Waals surface area (Å²) < 4.78 is 1.88. The fraction of sp³-hybridized carbons (Fsp3) is 0.200. The highest BCUT2D eigenvalue weighted by Crippen LogP contribution is 2.37. The summed E-state index contributed by atoms with van der Waals surface area (Å²) in [5.74, 6) is 0.183. The number of aromatic nitrogens is 3. The van der Waals surface area contributed by atoms with E-state index in [1.54, 1.807) is 11.1 Å². The van der Waals surface area contributed by atoms with Gasteiger partial charge in [-0.3, -0.25) is 24.0 Å². The summed E-state index contributed by atoms with van der Waals surface area (Å²) in [6, 6.07) is 18.5. The first-order chi connectivity index (χ1) is 15.5. The monoisotopic (exact) mass is 425 g/mol. The minimum absolute atomic E-state index is 0.0257. The summed E-state index contributed by atoms with van der Waals surface area (Å²) in [5.41, 5.74) is 5.27. The number of nitrogens with one attached hydrogen (secondary N) is 1. The molecule has 7 nitrogen and oxygen atoms in total. The van der Waals surface area contributed by atoms with Crippen molar-refractivity contribution in [2.24, 2.45) is 0 Å². The number of nitrogens with zero attached hydrogens (tertiary/aromatic N) is 4. The standard InChI is InChI=1S/C25H23N5O2/c1-16-11-17(2)13-19(12-16)27-23(31)14-22-24(32)29(15-18-7-5-6-10-26-18)25-28-20-8-3-4-9-21(20)30(22)25/h3-13,22H,14-15H2,1-2H3,(H,27,31). The van der Waals surface area contributed by atoms with Gasteiger partial charge in [-0.15, -0.1) is 0 Å². The average Bonchev–Trinajstić information content (AvgIpc) is 3.24. The number of hydrogen-bond donors (Lipinski definition) is 1. The van der Waals surface area contributed by atoms with Gasteiger partial charge in [0.15, 0.2) is 0 Å². The number of pyridine rings is 1. The van der Waals surface area contributed by atoms with E-state index in [2.05, 4.69) is 16.4 Å². The lowest BCUT2D eigenvalue weighted by atomic mass is 10.1. The van der Waals surface area contributed by atoms with Crippen LogP contribution in [0.5, 0.6) is 0 Å². The van der Waals surface area contributed by atoms with Crippen molar-refractivity contribution in [2.45, 2.75) is 32.9 Å². The SMILES string of the molecule is Cc1cc(C)cc(NC(=O)CC2C(=O)N(Cc3ccccn3)c3nc4ccccc4n32)c1. The van der Waals surface area contributed by atoms with E-state index in [-0.39, 0.29) is 18.2 Å². The van der Waals surface area contributed by atoms with Gasteiger partial charge in [0.1, 0.15) is 6.04 Å². The van der Waals surface area contributed by atoms with Crippen molar-refractivity contribution >= 4 is 34.5 Å². The Labute approximate surface area is 185 Å². The van der Waals surface area contributed by atoms with Crippen LogP contribution in [0.25, 0.3) is 11.0 Å². The third-order valence-electron chi connectivity index (χ3n) is 5.61. The minimum Gasteiger partial charge on any atom is -0.326 e. The third kappa shape index (κ3) is 3.62. The molecule has 4 aromatic rings. The van der Waals surface area contributed by atoms with E-state index in [4.69, 9.17) is 4.98 Å². The zero-order chi connectivity index (χ0) is 22.2. The molecule has 5 rings (SSSR count). The van der Waals surface area contributed by atoms with Gasteiger partial charge >= 0.3 is 0 Å². The molecule has 0 aliphatic carbocycles. The first-order valence-electron chi connectivity index (χ1n) is 10.6. The third-order valence-corrected chi connectivity index (χ3v) is 5.61. The molecule has 0 radical (unpaired) electrons. The Balaban J connectivity index is 1.47. The lowest BCUT2D eigenvalue weighted by molar-refractivity contribution is -0.124. The number of fused-ring (bicyclic) bond motifs is 3. The first-order valence-corrected chi connectivity index (χ1v) is 10.6. The minimum atomic E-state index is -0.660. The Morgan fingerprint density at radius 2 is 1.78 bits per heavy atom. The summed E-state index contributed by atoms with van der Waals surface area (Å²) in [7, 11) is 0. The molecule has 0 spiro atoms. The van der Waals surface area contributed by atoms with E-state index in [1.807, 2.05) is 73.0 Å². The number of aryl methyl sites for hydroxylation is 2. The molecule has 32 heavy (non-hydrogen) atoms. The number of rotatable bonds is 5. The second kappa shape index (κ2) is 7.92. The molecule has 2 aromatic carbocycles. The van der Waals surface area contributed by atoms with E-state index in [0.717, 1.165) is 33.5 Å². The van der Waals surface area contributed by atoms with Crippen LogP contribution < -0.4 is 10.2 Å². The number of para-hydroxylation sites is 2. The maximum atomic E-state index is 13.4. The van der Waals surface area contributed by atoms with Gasteiger partial charge in [-0.2, -0.15) is 0 Å². The number of amides is 2. The number of imidazole rings is 1. The topological polar surface area (TPSA) is 80.1 Å². The Bertz CT molecular complexity index is 1310. The van der Waals surface area contributed by atoms with Crippen LogP contribution in [0.15, 0.2) is 66.9 Å². The second-order valence-corrected chi connectivity index (χ2v) is 8.16. The smallest absolute Gasteiger partial charge is 0.253 e. The summed E-state index contributed by atoms with van der Waals surface area (Å²) in [5, 5.41) is 2.95. The highest BCUT2D eigenvalue weighted by atomic mass is 16.2. The second-order valence-electron chi connectivity index (χ2n) is 8.16. The van der Waals surface area contributed by atoms with Crippen LogP contribution in [0.4, 0.5) is 11.6 Å². The summed E-state index contributed by atoms with van der Waals surface area (Å²) in [6.07, 6.45) is 1.73. The van der Waals surface area contributed by atoms with Gasteiger partial charge in [0.2, 0.25) is 11.9 Å². The van der Waals surface area contributed by atoms with Crippen LogP contribution in [0.1, 0.15) is 29.3 Å². The predicted octanol–water partition coefficient (Wildman–Crippen LogP) is 4.16. The predicted molar refractivity (Wildman–Crippen MR) is 123 cm³/mol. The van der Waals surface area contributed by atoms with Crippen LogP contribution >= 0.6 is 0 Å². The van der Waals surface area contributed by atoms with Crippen LogP contribution in [0, 0.1) is 13.8 Å². The number of carbonyl (C=O) groups is 2. The fourth-order valence-corrected chi connectivity index (χ4v) is 4.33. The summed E-state index contributed by atoms with van der Waals surface area (Å²) >= 11 is 0. The van der Waals surface area contributed by atoms with Crippen molar-refractivity contribution < 1.29 is 9.59 Å². The molecule has 0 fully saturated rings. The van der Waals surface area contributed by atoms with E-state index >= 15 is 0 Å². The molecule has 7 heteroatoms. The normalized spacial score (nSPS) is 15.2. The molecule has 1 aliphatic rings. The fourth-order valence-electron chi connectivity index (χ4n) is 4.33. The molecule has 1 unspecified atom stereocenters. The van der Waals surface area contributed by atoms with Crippen LogP contribution in [0.2, 0.25) is 0 Å². The average molecular weight is 425 g/mol. The first kappa shape index (κ1) is 19.9. The molecule has 3 heterocycles. The van der Waals surface area contributed by atoms with Gasteiger partial charge in [-0.25, -0.2) is 4.98 Å². The lowest BCUT2D eigenvalue weighted by Crippen LogP contribution is -2.31. The highest BCUT2D eigenvalue weighted by molar-refractivity contribution is 6.05. The molecule has 2 aromatic heterocycles. The molecule has 2 amide bonds. The number of hydrogen-bond acceptors (Lipinski definition) is 4. The molecule has 1 aliphatic heterocycles. The molecule has 1 atom stereocenters. The highest BCUT2D eigenvalue weighted by Gasteiger charge is 2.41.